The second-order valence-corrected chi connectivity index (χ2v) is 8.80. The minimum atomic E-state index is -0.514. The van der Waals surface area contributed by atoms with Crippen molar-refractivity contribution in [2.75, 3.05) is 11.9 Å². The summed E-state index contributed by atoms with van der Waals surface area (Å²) in [7, 11) is 1.75. The van der Waals surface area contributed by atoms with E-state index in [9.17, 15) is 4.79 Å². The van der Waals surface area contributed by atoms with Crippen LogP contribution in [0.25, 0.3) is 0 Å². The van der Waals surface area contributed by atoms with Crippen LogP contribution in [0.1, 0.15) is 50.4 Å². The van der Waals surface area contributed by atoms with Gasteiger partial charge in [0.2, 0.25) is 0 Å². The van der Waals surface area contributed by atoms with E-state index in [4.69, 9.17) is 4.74 Å². The average Bonchev–Trinajstić information content (AvgIpc) is 3.54. The van der Waals surface area contributed by atoms with Crippen molar-refractivity contribution in [1.82, 2.24) is 15.6 Å². The maximum atomic E-state index is 12.8. The Kier molecular flexibility index (Phi) is 9.30. The zero-order chi connectivity index (χ0) is 22.4. The van der Waals surface area contributed by atoms with Crippen LogP contribution in [0.5, 0.6) is 0 Å². The summed E-state index contributed by atoms with van der Waals surface area (Å²) in [5.74, 6) is 0.709. The van der Waals surface area contributed by atoms with Crippen LogP contribution in [0.15, 0.2) is 47.6 Å². The fraction of sp³-hybridized carbons (Fsp3) is 0.458. The SMILES string of the molecule is CN=C(NCc1ccc(N(C(=O)OC(C)(C)C)C2CC2)c(C)c1)NCc1ccccn1.I. The third-order valence-electron chi connectivity index (χ3n) is 4.87. The molecular formula is C24H34IN5O2. The molecule has 0 atom stereocenters. The van der Waals surface area contributed by atoms with Crippen LogP contribution in [-0.4, -0.2) is 35.7 Å². The molecule has 1 saturated carbocycles. The van der Waals surface area contributed by atoms with Gasteiger partial charge in [0.1, 0.15) is 5.60 Å². The Balaban J connectivity index is 0.00000363. The third-order valence-corrected chi connectivity index (χ3v) is 4.87. The van der Waals surface area contributed by atoms with Crippen molar-refractivity contribution >= 4 is 41.7 Å². The largest absolute Gasteiger partial charge is 0.443 e. The number of rotatable bonds is 6. The molecular weight excluding hydrogens is 517 g/mol. The smallest absolute Gasteiger partial charge is 0.415 e. The number of carbonyl (C=O) groups is 1. The van der Waals surface area contributed by atoms with Crippen molar-refractivity contribution in [3.05, 3.63) is 59.4 Å². The van der Waals surface area contributed by atoms with E-state index in [2.05, 4.69) is 26.7 Å². The number of hydrogen-bond acceptors (Lipinski definition) is 4. The highest BCUT2D eigenvalue weighted by Gasteiger charge is 2.37. The summed E-state index contributed by atoms with van der Waals surface area (Å²) in [5, 5.41) is 6.59. The lowest BCUT2D eigenvalue weighted by Gasteiger charge is -2.28. The van der Waals surface area contributed by atoms with Gasteiger partial charge >= 0.3 is 6.09 Å². The molecule has 0 bridgehead atoms. The van der Waals surface area contributed by atoms with E-state index in [0.29, 0.717) is 19.0 Å². The number of amides is 1. The number of carbonyl (C=O) groups excluding carboxylic acids is 1. The molecule has 0 spiro atoms. The molecule has 1 aromatic carbocycles. The highest BCUT2D eigenvalue weighted by molar-refractivity contribution is 14.0. The van der Waals surface area contributed by atoms with Gasteiger partial charge in [-0.1, -0.05) is 18.2 Å². The molecule has 2 aromatic rings. The summed E-state index contributed by atoms with van der Waals surface area (Å²) in [5.41, 5.74) is 3.52. The first kappa shape index (κ1) is 25.9. The van der Waals surface area contributed by atoms with E-state index in [-0.39, 0.29) is 36.1 Å². The van der Waals surface area contributed by atoms with E-state index in [1.807, 2.05) is 62.9 Å². The monoisotopic (exact) mass is 551 g/mol. The summed E-state index contributed by atoms with van der Waals surface area (Å²) in [6, 6.07) is 12.2. The van der Waals surface area contributed by atoms with E-state index in [0.717, 1.165) is 35.3 Å². The van der Waals surface area contributed by atoms with Crippen LogP contribution in [-0.2, 0) is 17.8 Å². The fourth-order valence-corrected chi connectivity index (χ4v) is 3.27. The fourth-order valence-electron chi connectivity index (χ4n) is 3.27. The molecule has 1 heterocycles. The van der Waals surface area contributed by atoms with Gasteiger partial charge in [-0.3, -0.25) is 14.9 Å². The van der Waals surface area contributed by atoms with E-state index in [1.165, 1.54) is 0 Å². The summed E-state index contributed by atoms with van der Waals surface area (Å²) < 4.78 is 5.64. The summed E-state index contributed by atoms with van der Waals surface area (Å²) in [6.45, 7) is 8.95. The molecule has 0 unspecified atom stereocenters. The highest BCUT2D eigenvalue weighted by atomic mass is 127. The van der Waals surface area contributed by atoms with Gasteiger partial charge in [-0.15, -0.1) is 24.0 Å². The molecule has 3 rings (SSSR count). The molecule has 8 heteroatoms. The molecule has 0 saturated heterocycles. The molecule has 0 aliphatic heterocycles. The van der Waals surface area contributed by atoms with Gasteiger partial charge in [0, 0.05) is 25.8 Å². The van der Waals surface area contributed by atoms with Crippen molar-refractivity contribution in [3.63, 3.8) is 0 Å². The lowest BCUT2D eigenvalue weighted by Crippen LogP contribution is -2.39. The molecule has 174 valence electrons. The second kappa shape index (κ2) is 11.5. The lowest BCUT2D eigenvalue weighted by atomic mass is 10.1. The molecule has 1 aromatic heterocycles. The Labute approximate surface area is 208 Å². The third kappa shape index (κ3) is 7.65. The molecule has 7 nitrogen and oxygen atoms in total. The number of aryl methyl sites for hydroxylation is 1. The Morgan fingerprint density at radius 1 is 1.19 bits per heavy atom. The van der Waals surface area contributed by atoms with Gasteiger partial charge in [-0.2, -0.15) is 0 Å². The van der Waals surface area contributed by atoms with Gasteiger partial charge in [-0.25, -0.2) is 4.79 Å². The van der Waals surface area contributed by atoms with Crippen LogP contribution in [0.4, 0.5) is 10.5 Å². The Bertz CT molecular complexity index is 924. The van der Waals surface area contributed by atoms with Crippen molar-refractivity contribution < 1.29 is 9.53 Å². The maximum Gasteiger partial charge on any atom is 0.415 e. The number of pyridine rings is 1. The number of aliphatic imine (C=N–C) groups is 1. The predicted molar refractivity (Wildman–Crippen MR) is 140 cm³/mol. The number of anilines is 1. The minimum Gasteiger partial charge on any atom is -0.443 e. The van der Waals surface area contributed by atoms with Crippen LogP contribution < -0.4 is 15.5 Å². The van der Waals surface area contributed by atoms with E-state index >= 15 is 0 Å². The van der Waals surface area contributed by atoms with Gasteiger partial charge in [0.25, 0.3) is 0 Å². The van der Waals surface area contributed by atoms with Crippen molar-refractivity contribution in [1.29, 1.82) is 0 Å². The Morgan fingerprint density at radius 2 is 1.91 bits per heavy atom. The normalized spacial score (nSPS) is 13.7. The summed E-state index contributed by atoms with van der Waals surface area (Å²) in [6.07, 6.45) is 3.53. The van der Waals surface area contributed by atoms with Crippen molar-refractivity contribution in [2.24, 2.45) is 4.99 Å². The van der Waals surface area contributed by atoms with Crippen molar-refractivity contribution in [2.45, 2.75) is 65.3 Å². The van der Waals surface area contributed by atoms with Crippen LogP contribution in [0, 0.1) is 6.92 Å². The standard InChI is InChI=1S/C24H33N5O2.HI/c1-17-14-18(15-27-22(25-5)28-16-19-8-6-7-13-26-19)9-12-21(17)29(20-10-11-20)23(30)31-24(2,3)4;/h6-9,12-14,20H,10-11,15-16H2,1-5H3,(H2,25,27,28);1H. The second-order valence-electron chi connectivity index (χ2n) is 8.80. The van der Waals surface area contributed by atoms with Gasteiger partial charge < -0.3 is 15.4 Å². The number of benzene rings is 1. The lowest BCUT2D eigenvalue weighted by molar-refractivity contribution is 0.0577. The molecule has 32 heavy (non-hydrogen) atoms. The number of nitrogens with one attached hydrogen (secondary N) is 2. The highest BCUT2D eigenvalue weighted by Crippen LogP contribution is 2.35. The zero-order valence-corrected chi connectivity index (χ0v) is 21.8. The number of guanidine groups is 1. The quantitative estimate of drug-likeness (QED) is 0.307. The Morgan fingerprint density at radius 3 is 2.47 bits per heavy atom. The Hall–Kier alpha value is -2.36. The number of ether oxygens (including phenoxy) is 1. The molecule has 1 aliphatic carbocycles. The zero-order valence-electron chi connectivity index (χ0n) is 19.5. The van der Waals surface area contributed by atoms with Gasteiger partial charge in [-0.05, 0) is 69.9 Å². The van der Waals surface area contributed by atoms with E-state index in [1.54, 1.807) is 13.2 Å². The maximum absolute atomic E-state index is 12.8. The minimum absolute atomic E-state index is 0. The number of halogens is 1. The number of nitrogens with zero attached hydrogens (tertiary/aromatic N) is 3. The summed E-state index contributed by atoms with van der Waals surface area (Å²) in [4.78, 5) is 23.2. The average molecular weight is 551 g/mol. The number of hydrogen-bond donors (Lipinski definition) is 2. The van der Waals surface area contributed by atoms with Gasteiger partial charge in [0.05, 0.1) is 17.9 Å². The van der Waals surface area contributed by atoms with Crippen LogP contribution in [0.3, 0.4) is 0 Å². The first-order chi connectivity index (χ1) is 14.8. The first-order valence-electron chi connectivity index (χ1n) is 10.7. The van der Waals surface area contributed by atoms with E-state index < -0.39 is 5.60 Å². The summed E-state index contributed by atoms with van der Waals surface area (Å²) >= 11 is 0. The molecule has 1 amide bonds. The van der Waals surface area contributed by atoms with Crippen LogP contribution in [0.2, 0.25) is 0 Å². The van der Waals surface area contributed by atoms with Gasteiger partial charge in [0.15, 0.2) is 5.96 Å². The molecule has 1 fully saturated rings. The van der Waals surface area contributed by atoms with Crippen LogP contribution >= 0.6 is 24.0 Å². The molecule has 1 aliphatic rings. The topological polar surface area (TPSA) is 78.9 Å². The van der Waals surface area contributed by atoms with Crippen molar-refractivity contribution in [3.8, 4) is 0 Å². The molecule has 2 N–H and O–H groups in total. The predicted octanol–water partition coefficient (Wildman–Crippen LogP) is 4.78. The molecule has 0 radical (unpaired) electrons. The number of aromatic nitrogens is 1. The first-order valence-corrected chi connectivity index (χ1v) is 10.7.